The van der Waals surface area contributed by atoms with Gasteiger partial charge in [0, 0.05) is 22.4 Å². The third kappa shape index (κ3) is 3.02. The van der Waals surface area contributed by atoms with Crippen molar-refractivity contribution in [1.29, 1.82) is 0 Å². The van der Waals surface area contributed by atoms with E-state index in [1.54, 1.807) is 12.3 Å². The Hall–Kier alpha value is -1.10. The van der Waals surface area contributed by atoms with Crippen LogP contribution in [0.4, 0.5) is 11.5 Å². The van der Waals surface area contributed by atoms with Crippen molar-refractivity contribution < 1.29 is 0 Å². The molecule has 18 heavy (non-hydrogen) atoms. The molecule has 0 fully saturated rings. The van der Waals surface area contributed by atoms with Crippen LogP contribution in [0.3, 0.4) is 0 Å². The molecule has 0 amide bonds. The van der Waals surface area contributed by atoms with Crippen LogP contribution >= 0.6 is 27.5 Å². The van der Waals surface area contributed by atoms with E-state index in [0.29, 0.717) is 10.8 Å². The van der Waals surface area contributed by atoms with Crippen LogP contribution in [-0.4, -0.2) is 4.98 Å². The fourth-order valence-corrected chi connectivity index (χ4v) is 2.32. The Morgan fingerprint density at radius 2 is 2.11 bits per heavy atom. The number of nitrogens with one attached hydrogen (secondary N) is 1. The summed E-state index contributed by atoms with van der Waals surface area (Å²) in [5, 5.41) is 3.76. The molecule has 3 nitrogen and oxygen atoms in total. The molecule has 0 saturated heterocycles. The van der Waals surface area contributed by atoms with Crippen LogP contribution < -0.4 is 11.1 Å². The number of para-hydroxylation sites is 1. The first-order chi connectivity index (χ1) is 8.58. The molecule has 94 valence electrons. The lowest BCUT2D eigenvalue weighted by atomic mass is 10.1. The predicted octanol–water partition coefficient (Wildman–Crippen LogP) is 4.26. The minimum absolute atomic E-state index is 0.0528. The van der Waals surface area contributed by atoms with Gasteiger partial charge in [0.25, 0.3) is 0 Å². The van der Waals surface area contributed by atoms with E-state index in [1.807, 2.05) is 31.2 Å². The van der Waals surface area contributed by atoms with Gasteiger partial charge < -0.3 is 11.1 Å². The van der Waals surface area contributed by atoms with E-state index in [1.165, 1.54) is 0 Å². The fraction of sp³-hybridized carbons (Fsp3) is 0.154. The first kappa shape index (κ1) is 13.3. The molecule has 0 saturated carbocycles. The molecule has 1 aromatic carbocycles. The van der Waals surface area contributed by atoms with Crippen molar-refractivity contribution in [2.24, 2.45) is 5.73 Å². The van der Waals surface area contributed by atoms with Gasteiger partial charge >= 0.3 is 0 Å². The highest BCUT2D eigenvalue weighted by Gasteiger charge is 2.08. The number of pyridine rings is 1. The maximum absolute atomic E-state index is 6.13. The molecular formula is C13H13BrClN3. The van der Waals surface area contributed by atoms with E-state index >= 15 is 0 Å². The van der Waals surface area contributed by atoms with E-state index in [9.17, 15) is 0 Å². The molecule has 0 spiro atoms. The molecule has 3 N–H and O–H groups in total. The first-order valence-electron chi connectivity index (χ1n) is 5.50. The van der Waals surface area contributed by atoms with Gasteiger partial charge in [-0.25, -0.2) is 4.98 Å². The predicted molar refractivity (Wildman–Crippen MR) is 79.3 cm³/mol. The Morgan fingerprint density at radius 3 is 2.78 bits per heavy atom. The number of nitrogens with two attached hydrogens (primary N) is 1. The summed E-state index contributed by atoms with van der Waals surface area (Å²) in [4.78, 5) is 4.24. The standard InChI is InChI=1S/C13H13BrClN3/c1-8(16)10-4-2-3-5-12(10)18-13-11(15)6-9(14)7-17-13/h2-8H,16H2,1H3,(H,17,18). The Kier molecular flexibility index (Phi) is 4.22. The van der Waals surface area contributed by atoms with Crippen LogP contribution in [0.2, 0.25) is 5.02 Å². The lowest BCUT2D eigenvalue weighted by Crippen LogP contribution is -2.08. The normalized spacial score (nSPS) is 12.2. The summed E-state index contributed by atoms with van der Waals surface area (Å²) >= 11 is 9.45. The zero-order chi connectivity index (χ0) is 13.1. The Balaban J connectivity index is 2.34. The van der Waals surface area contributed by atoms with Gasteiger partial charge in [0.2, 0.25) is 0 Å². The minimum Gasteiger partial charge on any atom is -0.339 e. The maximum Gasteiger partial charge on any atom is 0.149 e. The quantitative estimate of drug-likeness (QED) is 0.886. The molecule has 1 unspecified atom stereocenters. The third-order valence-electron chi connectivity index (χ3n) is 2.51. The van der Waals surface area contributed by atoms with Gasteiger partial charge in [0.05, 0.1) is 5.02 Å². The number of nitrogens with zero attached hydrogens (tertiary/aromatic N) is 1. The second-order valence-electron chi connectivity index (χ2n) is 3.98. The van der Waals surface area contributed by atoms with Crippen LogP contribution in [0.25, 0.3) is 0 Å². The molecule has 1 heterocycles. The van der Waals surface area contributed by atoms with Gasteiger partial charge in [-0.15, -0.1) is 0 Å². The highest BCUT2D eigenvalue weighted by molar-refractivity contribution is 9.10. The number of hydrogen-bond donors (Lipinski definition) is 2. The fourth-order valence-electron chi connectivity index (χ4n) is 1.64. The van der Waals surface area contributed by atoms with Crippen LogP contribution in [-0.2, 0) is 0 Å². The summed E-state index contributed by atoms with van der Waals surface area (Å²) in [6, 6.07) is 9.59. The zero-order valence-electron chi connectivity index (χ0n) is 9.82. The molecule has 0 aliphatic heterocycles. The number of aromatic nitrogens is 1. The van der Waals surface area contributed by atoms with E-state index in [2.05, 4.69) is 26.2 Å². The lowest BCUT2D eigenvalue weighted by molar-refractivity contribution is 0.820. The molecule has 2 rings (SSSR count). The smallest absolute Gasteiger partial charge is 0.149 e. The van der Waals surface area contributed by atoms with Crippen molar-refractivity contribution in [2.45, 2.75) is 13.0 Å². The second kappa shape index (κ2) is 5.69. The molecule has 0 aliphatic rings. The van der Waals surface area contributed by atoms with Crippen molar-refractivity contribution in [1.82, 2.24) is 4.98 Å². The Bertz CT molecular complexity index is 558. The molecule has 2 aromatic rings. The van der Waals surface area contributed by atoms with Crippen LogP contribution in [0.15, 0.2) is 41.0 Å². The highest BCUT2D eigenvalue weighted by Crippen LogP contribution is 2.29. The summed E-state index contributed by atoms with van der Waals surface area (Å²) in [7, 11) is 0. The minimum atomic E-state index is -0.0528. The van der Waals surface area contributed by atoms with Crippen LogP contribution in [0.1, 0.15) is 18.5 Å². The number of benzene rings is 1. The van der Waals surface area contributed by atoms with E-state index in [0.717, 1.165) is 15.7 Å². The SMILES string of the molecule is CC(N)c1ccccc1Nc1ncc(Br)cc1Cl. The van der Waals surface area contributed by atoms with E-state index in [-0.39, 0.29) is 6.04 Å². The second-order valence-corrected chi connectivity index (χ2v) is 5.31. The van der Waals surface area contributed by atoms with Crippen molar-refractivity contribution in [3.63, 3.8) is 0 Å². The summed E-state index contributed by atoms with van der Waals surface area (Å²) < 4.78 is 0.846. The van der Waals surface area contributed by atoms with Crippen molar-refractivity contribution in [3.05, 3.63) is 51.6 Å². The van der Waals surface area contributed by atoms with Crippen LogP contribution in [0.5, 0.6) is 0 Å². The number of anilines is 2. The van der Waals surface area contributed by atoms with Gasteiger partial charge in [-0.3, -0.25) is 0 Å². The first-order valence-corrected chi connectivity index (χ1v) is 6.67. The summed E-state index contributed by atoms with van der Waals surface area (Å²) in [6.45, 7) is 1.94. The van der Waals surface area contributed by atoms with Gasteiger partial charge in [-0.2, -0.15) is 0 Å². The van der Waals surface area contributed by atoms with Crippen molar-refractivity contribution >= 4 is 39.0 Å². The molecular weight excluding hydrogens is 314 g/mol. The highest BCUT2D eigenvalue weighted by atomic mass is 79.9. The third-order valence-corrected chi connectivity index (χ3v) is 3.23. The van der Waals surface area contributed by atoms with Crippen molar-refractivity contribution in [3.8, 4) is 0 Å². The molecule has 5 heteroatoms. The van der Waals surface area contributed by atoms with Gasteiger partial charge in [-0.05, 0) is 40.5 Å². The number of hydrogen-bond acceptors (Lipinski definition) is 3. The largest absolute Gasteiger partial charge is 0.339 e. The average molecular weight is 327 g/mol. The monoisotopic (exact) mass is 325 g/mol. The average Bonchev–Trinajstić information content (AvgIpc) is 2.33. The van der Waals surface area contributed by atoms with Gasteiger partial charge in [0.15, 0.2) is 0 Å². The molecule has 0 radical (unpaired) electrons. The summed E-state index contributed by atoms with van der Waals surface area (Å²) in [5.41, 5.74) is 7.88. The number of halogens is 2. The number of rotatable bonds is 3. The molecule has 1 atom stereocenters. The van der Waals surface area contributed by atoms with Crippen molar-refractivity contribution in [2.75, 3.05) is 5.32 Å². The maximum atomic E-state index is 6.13. The van der Waals surface area contributed by atoms with E-state index < -0.39 is 0 Å². The Labute approximate surface area is 119 Å². The molecule has 0 aliphatic carbocycles. The summed E-state index contributed by atoms with van der Waals surface area (Å²) in [6.07, 6.45) is 1.70. The molecule has 0 bridgehead atoms. The topological polar surface area (TPSA) is 50.9 Å². The Morgan fingerprint density at radius 1 is 1.39 bits per heavy atom. The zero-order valence-corrected chi connectivity index (χ0v) is 12.2. The molecule has 1 aromatic heterocycles. The lowest BCUT2D eigenvalue weighted by Gasteiger charge is -2.14. The van der Waals surface area contributed by atoms with Gasteiger partial charge in [-0.1, -0.05) is 29.8 Å². The van der Waals surface area contributed by atoms with Gasteiger partial charge in [0.1, 0.15) is 5.82 Å². The summed E-state index contributed by atoms with van der Waals surface area (Å²) in [5.74, 6) is 0.618. The van der Waals surface area contributed by atoms with Crippen LogP contribution in [0, 0.1) is 0 Å². The van der Waals surface area contributed by atoms with E-state index in [4.69, 9.17) is 17.3 Å².